The first kappa shape index (κ1) is 21.4. The second kappa shape index (κ2) is 8.75. The van der Waals surface area contributed by atoms with Crippen LogP contribution in [-0.4, -0.2) is 62.1 Å². The van der Waals surface area contributed by atoms with Gasteiger partial charge in [0.1, 0.15) is 11.4 Å². The molecule has 0 N–H and O–H groups in total. The van der Waals surface area contributed by atoms with E-state index < -0.39 is 0 Å². The van der Waals surface area contributed by atoms with Crippen molar-refractivity contribution in [3.63, 3.8) is 0 Å². The summed E-state index contributed by atoms with van der Waals surface area (Å²) in [6.07, 6.45) is 1.85. The number of halogens is 2. The summed E-state index contributed by atoms with van der Waals surface area (Å²) in [4.78, 5) is 17.5. The minimum Gasteiger partial charge on any atom is -0.495 e. The smallest absolute Gasteiger partial charge is 0.255 e. The number of nitrogens with zero attached hydrogens (tertiary/aromatic N) is 2. The normalized spacial score (nSPS) is 24.4. The average Bonchev–Trinajstić information content (AvgIpc) is 2.78. The van der Waals surface area contributed by atoms with E-state index in [0.29, 0.717) is 35.5 Å². The number of benzene rings is 2. The number of amides is 1. The molecule has 0 radical (unpaired) electrons. The lowest BCUT2D eigenvalue weighted by molar-refractivity contribution is -0.0985. The number of hydrogen-bond donors (Lipinski definition) is 0. The number of ether oxygens (including phenoxy) is 2. The van der Waals surface area contributed by atoms with Crippen LogP contribution in [0, 0.1) is 0 Å². The van der Waals surface area contributed by atoms with E-state index in [1.807, 2.05) is 17.0 Å². The molecule has 2 aromatic rings. The largest absolute Gasteiger partial charge is 0.495 e. The Morgan fingerprint density at radius 2 is 1.87 bits per heavy atom. The fourth-order valence-electron chi connectivity index (χ4n) is 4.64. The van der Waals surface area contributed by atoms with Gasteiger partial charge in [0.2, 0.25) is 0 Å². The van der Waals surface area contributed by atoms with Crippen molar-refractivity contribution in [3.05, 3.63) is 63.6 Å². The van der Waals surface area contributed by atoms with Gasteiger partial charge in [0, 0.05) is 44.4 Å². The molecule has 2 heterocycles. The third kappa shape index (κ3) is 3.92. The lowest BCUT2D eigenvalue weighted by Gasteiger charge is -2.50. The quantitative estimate of drug-likeness (QED) is 0.691. The van der Waals surface area contributed by atoms with E-state index in [-0.39, 0.29) is 11.5 Å². The molecule has 30 heavy (non-hydrogen) atoms. The number of methoxy groups -OCH3 is 2. The number of rotatable bonds is 4. The van der Waals surface area contributed by atoms with E-state index in [1.54, 1.807) is 32.4 Å². The highest BCUT2D eigenvalue weighted by molar-refractivity contribution is 6.35. The van der Waals surface area contributed by atoms with Crippen molar-refractivity contribution in [1.82, 2.24) is 9.80 Å². The molecule has 160 valence electrons. The van der Waals surface area contributed by atoms with Gasteiger partial charge in [-0.15, -0.1) is 0 Å². The molecule has 2 aliphatic rings. The van der Waals surface area contributed by atoms with Crippen molar-refractivity contribution in [2.75, 3.05) is 40.4 Å². The maximum absolute atomic E-state index is 13.1. The SMILES string of the molecule is COc1cccc(C(=O)N2CCN3C[C@](OC)(c4ccc(Cl)cc4)CC[C@@H]3C2)c1Cl. The Kier molecular flexibility index (Phi) is 6.26. The molecule has 0 aromatic heterocycles. The average molecular weight is 449 g/mol. The zero-order valence-corrected chi connectivity index (χ0v) is 18.7. The van der Waals surface area contributed by atoms with Crippen LogP contribution >= 0.6 is 23.2 Å². The van der Waals surface area contributed by atoms with Crippen molar-refractivity contribution in [2.45, 2.75) is 24.5 Å². The Morgan fingerprint density at radius 3 is 2.57 bits per heavy atom. The van der Waals surface area contributed by atoms with Gasteiger partial charge < -0.3 is 14.4 Å². The van der Waals surface area contributed by atoms with Crippen LogP contribution in [0.4, 0.5) is 0 Å². The lowest BCUT2D eigenvalue weighted by atomic mass is 9.82. The van der Waals surface area contributed by atoms with Crippen LogP contribution in [0.15, 0.2) is 42.5 Å². The molecule has 0 aliphatic carbocycles. The third-order valence-electron chi connectivity index (χ3n) is 6.41. The second-order valence-corrected chi connectivity index (χ2v) is 8.76. The Labute approximate surface area is 187 Å². The van der Waals surface area contributed by atoms with Gasteiger partial charge in [-0.25, -0.2) is 0 Å². The molecule has 0 saturated carbocycles. The molecule has 0 unspecified atom stereocenters. The zero-order valence-electron chi connectivity index (χ0n) is 17.2. The molecule has 2 aromatic carbocycles. The highest BCUT2D eigenvalue weighted by Crippen LogP contribution is 2.39. The molecule has 2 fully saturated rings. The summed E-state index contributed by atoms with van der Waals surface area (Å²) in [5, 5.41) is 1.10. The van der Waals surface area contributed by atoms with Gasteiger partial charge in [0.25, 0.3) is 5.91 Å². The maximum Gasteiger partial charge on any atom is 0.255 e. The van der Waals surface area contributed by atoms with E-state index in [4.69, 9.17) is 32.7 Å². The first-order chi connectivity index (χ1) is 14.5. The second-order valence-electron chi connectivity index (χ2n) is 7.94. The molecule has 0 bridgehead atoms. The van der Waals surface area contributed by atoms with Crippen LogP contribution in [0.25, 0.3) is 0 Å². The van der Waals surface area contributed by atoms with Gasteiger partial charge in [-0.1, -0.05) is 41.4 Å². The molecule has 4 rings (SSSR count). The zero-order chi connectivity index (χ0) is 21.3. The predicted molar refractivity (Wildman–Crippen MR) is 119 cm³/mol. The lowest BCUT2D eigenvalue weighted by Crippen LogP contribution is -2.61. The standard InChI is InChI=1S/C23H26Cl2N2O3/c1-29-20-5-3-4-19(21(20)25)22(28)26-12-13-27-15-23(30-2,11-10-18(27)14-26)16-6-8-17(24)9-7-16/h3-9,18H,10-15H2,1-2H3/t18-,23+/m1/s1. The molecule has 2 atom stereocenters. The number of fused-ring (bicyclic) bond motifs is 1. The molecule has 7 heteroatoms. The van der Waals surface area contributed by atoms with Crippen molar-refractivity contribution in [2.24, 2.45) is 0 Å². The topological polar surface area (TPSA) is 42.0 Å². The minimum absolute atomic E-state index is 0.0418. The number of hydrogen-bond acceptors (Lipinski definition) is 4. The van der Waals surface area contributed by atoms with Crippen LogP contribution in [0.2, 0.25) is 10.0 Å². The van der Waals surface area contributed by atoms with Gasteiger partial charge in [-0.05, 0) is 42.7 Å². The molecule has 2 saturated heterocycles. The van der Waals surface area contributed by atoms with Crippen LogP contribution in [-0.2, 0) is 10.3 Å². The summed E-state index contributed by atoms with van der Waals surface area (Å²) in [5.74, 6) is 0.478. The van der Waals surface area contributed by atoms with E-state index in [1.165, 1.54) is 0 Å². The highest BCUT2D eigenvalue weighted by Gasteiger charge is 2.43. The van der Waals surface area contributed by atoms with E-state index in [2.05, 4.69) is 17.0 Å². The molecule has 1 amide bonds. The van der Waals surface area contributed by atoms with Crippen LogP contribution in [0.3, 0.4) is 0 Å². The van der Waals surface area contributed by atoms with Crippen LogP contribution in [0.1, 0.15) is 28.8 Å². The monoisotopic (exact) mass is 448 g/mol. The van der Waals surface area contributed by atoms with Crippen LogP contribution < -0.4 is 4.74 Å². The molecular formula is C23H26Cl2N2O3. The van der Waals surface area contributed by atoms with Gasteiger partial charge in [-0.2, -0.15) is 0 Å². The van der Waals surface area contributed by atoms with E-state index in [9.17, 15) is 4.79 Å². The summed E-state index contributed by atoms with van der Waals surface area (Å²) >= 11 is 12.5. The number of piperidine rings is 1. The Morgan fingerprint density at radius 1 is 1.10 bits per heavy atom. The molecule has 5 nitrogen and oxygen atoms in total. The van der Waals surface area contributed by atoms with Crippen molar-refractivity contribution < 1.29 is 14.3 Å². The minimum atomic E-state index is -0.344. The Bertz CT molecular complexity index is 921. The summed E-state index contributed by atoms with van der Waals surface area (Å²) in [7, 11) is 3.33. The first-order valence-electron chi connectivity index (χ1n) is 10.1. The van der Waals surface area contributed by atoms with Gasteiger partial charge in [-0.3, -0.25) is 9.69 Å². The fraction of sp³-hybridized carbons (Fsp3) is 0.435. The van der Waals surface area contributed by atoms with Crippen molar-refractivity contribution >= 4 is 29.1 Å². The summed E-state index contributed by atoms with van der Waals surface area (Å²) in [5.41, 5.74) is 1.30. The van der Waals surface area contributed by atoms with Crippen LogP contribution in [0.5, 0.6) is 5.75 Å². The highest BCUT2D eigenvalue weighted by atomic mass is 35.5. The van der Waals surface area contributed by atoms with Crippen molar-refractivity contribution in [3.8, 4) is 5.75 Å². The molecule has 0 spiro atoms. The van der Waals surface area contributed by atoms with Crippen molar-refractivity contribution in [1.29, 1.82) is 0 Å². The number of piperazine rings is 1. The summed E-state index contributed by atoms with van der Waals surface area (Å²) < 4.78 is 11.3. The van der Waals surface area contributed by atoms with Gasteiger partial charge in [0.15, 0.2) is 0 Å². The number of carbonyl (C=O) groups excluding carboxylic acids is 1. The predicted octanol–water partition coefficient (Wildman–Crippen LogP) is 4.46. The number of carbonyl (C=O) groups is 1. The van der Waals surface area contributed by atoms with Gasteiger partial charge in [0.05, 0.1) is 17.7 Å². The molecular weight excluding hydrogens is 423 g/mol. The third-order valence-corrected chi connectivity index (χ3v) is 7.05. The van der Waals surface area contributed by atoms with E-state index in [0.717, 1.165) is 36.5 Å². The summed E-state index contributed by atoms with van der Waals surface area (Å²) in [6, 6.07) is 13.6. The van der Waals surface area contributed by atoms with Gasteiger partial charge >= 0.3 is 0 Å². The van der Waals surface area contributed by atoms with E-state index >= 15 is 0 Å². The summed E-state index contributed by atoms with van der Waals surface area (Å²) in [6.45, 7) is 2.95. The Hall–Kier alpha value is -1.79. The first-order valence-corrected chi connectivity index (χ1v) is 10.9. The maximum atomic E-state index is 13.1. The Balaban J connectivity index is 1.48. The molecule has 2 aliphatic heterocycles. The fourth-order valence-corrected chi connectivity index (χ4v) is 5.05.